The highest BCUT2D eigenvalue weighted by Gasteiger charge is 2.35. The van der Waals surface area contributed by atoms with E-state index < -0.39 is 33.1 Å². The molecule has 0 radical (unpaired) electrons. The Hall–Kier alpha value is -2.35. The van der Waals surface area contributed by atoms with Crippen LogP contribution in [0.15, 0.2) is 40.1 Å². The van der Waals surface area contributed by atoms with Crippen molar-refractivity contribution in [2.45, 2.75) is 16.0 Å². The number of rotatable bonds is 0. The lowest BCUT2D eigenvalue weighted by atomic mass is 10.1. The van der Waals surface area contributed by atoms with E-state index in [1.54, 1.807) is 0 Å². The molecular weight excluding hydrogens is 334 g/mol. The molecule has 1 heterocycles. The molecule has 3 nitrogen and oxygen atoms in total. The van der Waals surface area contributed by atoms with Crippen LogP contribution in [0.4, 0.5) is 23.2 Å². The van der Waals surface area contributed by atoms with Crippen LogP contribution in [0.5, 0.6) is 0 Å². The van der Waals surface area contributed by atoms with Crippen LogP contribution in [0.2, 0.25) is 0 Å². The van der Waals surface area contributed by atoms with Gasteiger partial charge in [-0.25, -0.2) is 12.8 Å². The summed E-state index contributed by atoms with van der Waals surface area (Å²) in [5, 5.41) is 0. The maximum absolute atomic E-state index is 13.4. The van der Waals surface area contributed by atoms with Crippen LogP contribution in [0, 0.1) is 5.82 Å². The van der Waals surface area contributed by atoms with Gasteiger partial charge in [0.25, 0.3) is 0 Å². The minimum atomic E-state index is -4.71. The highest BCUT2D eigenvalue weighted by Crippen LogP contribution is 2.40. The van der Waals surface area contributed by atoms with Crippen LogP contribution in [0.3, 0.4) is 0 Å². The monoisotopic (exact) mass is 343 g/mol. The topological polar surface area (TPSA) is 60.2 Å². The Balaban J connectivity index is 2.35. The van der Waals surface area contributed by atoms with Gasteiger partial charge in [-0.05, 0) is 35.4 Å². The SMILES string of the molecule is Nc1cc2c(cc1C(F)(F)F)C=Cc1ccc(F)cc1S2(=O)=O. The Morgan fingerprint density at radius 2 is 1.52 bits per heavy atom. The molecule has 0 aliphatic carbocycles. The fourth-order valence-electron chi connectivity index (χ4n) is 2.40. The molecular formula is C15H9F4NO2S. The van der Waals surface area contributed by atoms with Gasteiger partial charge in [-0.3, -0.25) is 0 Å². The van der Waals surface area contributed by atoms with Crippen LogP contribution < -0.4 is 5.73 Å². The summed E-state index contributed by atoms with van der Waals surface area (Å²) in [4.78, 5) is -0.699. The average Bonchev–Trinajstić information content (AvgIpc) is 2.54. The minimum absolute atomic E-state index is 0.150. The first-order valence-electron chi connectivity index (χ1n) is 6.34. The fourth-order valence-corrected chi connectivity index (χ4v) is 4.07. The lowest BCUT2D eigenvalue weighted by Crippen LogP contribution is -2.12. The van der Waals surface area contributed by atoms with Crippen LogP contribution in [0.1, 0.15) is 16.7 Å². The molecule has 1 aliphatic heterocycles. The molecule has 0 atom stereocenters. The van der Waals surface area contributed by atoms with Crippen molar-refractivity contribution in [3.05, 3.63) is 52.8 Å². The number of fused-ring (bicyclic) bond motifs is 2. The van der Waals surface area contributed by atoms with Crippen molar-refractivity contribution < 1.29 is 26.0 Å². The molecule has 120 valence electrons. The molecule has 0 bridgehead atoms. The van der Waals surface area contributed by atoms with Crippen molar-refractivity contribution in [2.75, 3.05) is 5.73 Å². The molecule has 8 heteroatoms. The number of hydrogen-bond donors (Lipinski definition) is 1. The summed E-state index contributed by atoms with van der Waals surface area (Å²) in [6, 6.07) is 4.60. The summed E-state index contributed by atoms with van der Waals surface area (Å²) in [6.07, 6.45) is -2.14. The lowest BCUT2D eigenvalue weighted by molar-refractivity contribution is -0.136. The van der Waals surface area contributed by atoms with Crippen molar-refractivity contribution in [3.8, 4) is 0 Å². The number of alkyl halides is 3. The summed E-state index contributed by atoms with van der Waals surface area (Å²) in [5.41, 5.74) is 3.59. The summed E-state index contributed by atoms with van der Waals surface area (Å²) in [5.74, 6) is -0.760. The Labute approximate surface area is 129 Å². The average molecular weight is 343 g/mol. The van der Waals surface area contributed by atoms with E-state index in [2.05, 4.69) is 0 Å². The number of benzene rings is 2. The van der Waals surface area contributed by atoms with Crippen molar-refractivity contribution in [1.82, 2.24) is 0 Å². The second-order valence-electron chi connectivity index (χ2n) is 4.99. The smallest absolute Gasteiger partial charge is 0.398 e. The Bertz CT molecular complexity index is 947. The molecule has 1 aliphatic rings. The number of hydrogen-bond acceptors (Lipinski definition) is 3. The standard InChI is InChI=1S/C15H9F4NO2S/c16-10-4-3-8-1-2-9-5-11(15(17,18)19)12(20)7-14(9)23(21,22)13(8)6-10/h1-7H,20H2. The van der Waals surface area contributed by atoms with Crippen molar-refractivity contribution >= 4 is 27.7 Å². The Morgan fingerprint density at radius 3 is 2.17 bits per heavy atom. The van der Waals surface area contributed by atoms with E-state index in [9.17, 15) is 26.0 Å². The highest BCUT2D eigenvalue weighted by atomic mass is 32.2. The summed E-state index contributed by atoms with van der Waals surface area (Å²) < 4.78 is 77.4. The molecule has 0 unspecified atom stereocenters. The summed E-state index contributed by atoms with van der Waals surface area (Å²) in [6.45, 7) is 0. The van der Waals surface area contributed by atoms with Crippen LogP contribution in [0.25, 0.3) is 12.2 Å². The van der Waals surface area contributed by atoms with Gasteiger partial charge in [0.2, 0.25) is 9.84 Å². The molecule has 0 spiro atoms. The first kappa shape index (κ1) is 15.5. The van der Waals surface area contributed by atoms with Crippen LogP contribution in [-0.4, -0.2) is 8.42 Å². The molecule has 2 N–H and O–H groups in total. The van der Waals surface area contributed by atoms with Crippen molar-refractivity contribution in [3.63, 3.8) is 0 Å². The Morgan fingerprint density at radius 1 is 0.913 bits per heavy atom. The summed E-state index contributed by atoms with van der Waals surface area (Å²) >= 11 is 0. The zero-order valence-electron chi connectivity index (χ0n) is 11.4. The normalized spacial score (nSPS) is 15.7. The third-order valence-electron chi connectivity index (χ3n) is 3.48. The number of halogens is 4. The van der Waals surface area contributed by atoms with Crippen molar-refractivity contribution in [2.24, 2.45) is 0 Å². The molecule has 0 saturated carbocycles. The largest absolute Gasteiger partial charge is 0.418 e. The van der Waals surface area contributed by atoms with Gasteiger partial charge >= 0.3 is 6.18 Å². The molecule has 3 rings (SSSR count). The second-order valence-corrected chi connectivity index (χ2v) is 6.88. The van der Waals surface area contributed by atoms with Gasteiger partial charge in [-0.15, -0.1) is 0 Å². The van der Waals surface area contributed by atoms with Gasteiger partial charge in [-0.1, -0.05) is 18.2 Å². The third kappa shape index (κ3) is 2.48. The number of sulfone groups is 1. The fraction of sp³-hybridized carbons (Fsp3) is 0.0667. The van der Waals surface area contributed by atoms with E-state index in [-0.39, 0.29) is 20.9 Å². The molecule has 0 saturated heterocycles. The first-order valence-corrected chi connectivity index (χ1v) is 7.82. The predicted molar refractivity (Wildman–Crippen MR) is 76.6 cm³/mol. The third-order valence-corrected chi connectivity index (χ3v) is 5.35. The minimum Gasteiger partial charge on any atom is -0.398 e. The van der Waals surface area contributed by atoms with E-state index in [4.69, 9.17) is 5.73 Å². The van der Waals surface area contributed by atoms with E-state index in [0.717, 1.165) is 18.2 Å². The van der Waals surface area contributed by atoms with Gasteiger partial charge in [0.05, 0.1) is 15.4 Å². The van der Waals surface area contributed by atoms with Gasteiger partial charge < -0.3 is 5.73 Å². The number of nitrogen functional groups attached to an aromatic ring is 1. The lowest BCUT2D eigenvalue weighted by Gasteiger charge is -2.14. The predicted octanol–water partition coefficient (Wildman–Crippen LogP) is 3.74. The van der Waals surface area contributed by atoms with Gasteiger partial charge in [-0.2, -0.15) is 13.2 Å². The molecule has 2 aromatic carbocycles. The maximum Gasteiger partial charge on any atom is 0.418 e. The maximum atomic E-state index is 13.4. The van der Waals surface area contributed by atoms with Crippen molar-refractivity contribution in [1.29, 1.82) is 0 Å². The summed E-state index contributed by atoms with van der Waals surface area (Å²) in [7, 11) is -4.19. The molecule has 0 fully saturated rings. The molecule has 23 heavy (non-hydrogen) atoms. The Kier molecular flexibility index (Phi) is 3.26. The highest BCUT2D eigenvalue weighted by molar-refractivity contribution is 7.91. The van der Waals surface area contributed by atoms with Gasteiger partial charge in [0.15, 0.2) is 0 Å². The number of anilines is 1. The van der Waals surface area contributed by atoms with Gasteiger partial charge in [0, 0.05) is 5.69 Å². The van der Waals surface area contributed by atoms with Crippen LogP contribution >= 0.6 is 0 Å². The van der Waals surface area contributed by atoms with E-state index in [1.807, 2.05) is 0 Å². The zero-order chi connectivity index (χ0) is 17.0. The van der Waals surface area contributed by atoms with E-state index in [1.165, 1.54) is 18.2 Å². The van der Waals surface area contributed by atoms with E-state index >= 15 is 0 Å². The molecule has 0 aromatic heterocycles. The zero-order valence-corrected chi connectivity index (χ0v) is 12.2. The second kappa shape index (κ2) is 4.82. The first-order chi connectivity index (χ1) is 10.6. The molecule has 0 amide bonds. The van der Waals surface area contributed by atoms with E-state index in [0.29, 0.717) is 6.07 Å². The van der Waals surface area contributed by atoms with Gasteiger partial charge in [0.1, 0.15) is 5.82 Å². The van der Waals surface area contributed by atoms with Crippen LogP contribution in [-0.2, 0) is 16.0 Å². The number of nitrogens with two attached hydrogens (primary N) is 1. The quantitative estimate of drug-likeness (QED) is 0.500. The molecule has 2 aromatic rings.